The van der Waals surface area contributed by atoms with Crippen LogP contribution in [-0.2, 0) is 116 Å². The fourth-order valence-corrected chi connectivity index (χ4v) is 24.2. The van der Waals surface area contributed by atoms with Gasteiger partial charge in [-0.05, 0) is 223 Å². The number of fused-ring (bicyclic) bond motifs is 6. The lowest BCUT2D eigenvalue weighted by Gasteiger charge is -2.31. The smallest absolute Gasteiger partial charge is 0.408 e. The van der Waals surface area contributed by atoms with Crippen LogP contribution in [0.4, 0.5) is 33.2 Å². The standard InChI is InChI=1S/C110H116N10O24S5/c1-8-117-93-45-39-82(148(136,137)138)66-87(93)109(4,5)99(117)32-17-11-18-33-100-110(6,7)88-67-83(149(139,140)141)40-46-94(88)120(100)54-24-12-19-34-101(122)111-51-23-22-30-89(114-106(125)90(61-72-25-13-9-14-26-72)115-108(127)143-68-73-27-15-10-16-28-73)95(121)69-142-107(126)102-70(2)59-77(60-71(102)3)105(124)113-53-52-112-104(123)74-47-55-116(56-48-74)145(128,129)98-31-21-20-29-86(98)103-84-41-35-78(118-57-49-75-62-80(146(130,131)132)37-43-91(75)118)64-96(84)144-97-65-79(36-42-85(97)103)119-58-50-76-63-81(147(133,134)135)38-44-92(76)119/h9-11,13-18,20-21,25-29,31-33,35-46,59-60,62-67,74,89-90H,8,12,19,22-24,30,34,47-58,61,68-69H2,1-7H3,(H7-2,111,112,113,114,115,122,123,124,125,127,130,131,132,133,134,135,136,137,138,139,140,141)/t89-,90-/m0/s1. The van der Waals surface area contributed by atoms with Crippen LogP contribution >= 0.6 is 0 Å². The summed E-state index contributed by atoms with van der Waals surface area (Å²) in [7, 11) is -22.8. The molecule has 2 atom stereocenters. The van der Waals surface area contributed by atoms with Gasteiger partial charge in [0.2, 0.25) is 44.5 Å². The third-order valence-electron chi connectivity index (χ3n) is 28.1. The first-order chi connectivity index (χ1) is 70.8. The van der Waals surface area contributed by atoms with Crippen LogP contribution in [0.1, 0.15) is 158 Å². The number of unbranched alkanes of at least 4 members (excludes halogenated alkanes) is 3. The van der Waals surface area contributed by atoms with Crippen LogP contribution in [0.15, 0.2) is 271 Å². The summed E-state index contributed by atoms with van der Waals surface area (Å²) in [6.45, 7) is 14.2. The Bertz CT molecular complexity index is 7910. The minimum atomic E-state index is -4.80. The largest absolute Gasteiger partial charge is 0.744 e. The van der Waals surface area contributed by atoms with Gasteiger partial charge in [0, 0.05) is 168 Å². The Morgan fingerprint density at radius 3 is 1.93 bits per heavy atom. The highest BCUT2D eigenvalue weighted by Crippen LogP contribution is 2.51. The van der Waals surface area contributed by atoms with Gasteiger partial charge >= 0.3 is 12.1 Å². The number of ether oxygens (including phenoxy) is 2. The number of carbonyl (C=O) groups is 7. The van der Waals surface area contributed by atoms with E-state index in [1.54, 1.807) is 111 Å². The number of benzene rings is 10. The lowest BCUT2D eigenvalue weighted by Crippen LogP contribution is -2.53. The summed E-state index contributed by atoms with van der Waals surface area (Å²) in [6, 6.07) is 53.4. The van der Waals surface area contributed by atoms with Crippen molar-refractivity contribution in [2.45, 2.75) is 180 Å². The summed E-state index contributed by atoms with van der Waals surface area (Å²) in [6.07, 6.45) is 12.3. The Morgan fingerprint density at radius 2 is 1.22 bits per heavy atom. The maximum absolute atomic E-state index is 15.3. The number of anilines is 3. The molecule has 0 bridgehead atoms. The van der Waals surface area contributed by atoms with Gasteiger partial charge in [0.1, 0.15) is 50.8 Å². The fourth-order valence-electron chi connectivity index (χ4n) is 20.5. The van der Waals surface area contributed by atoms with Crippen molar-refractivity contribution in [2.75, 3.05) is 75.3 Å². The van der Waals surface area contributed by atoms with Gasteiger partial charge in [-0.2, -0.15) is 30.3 Å². The van der Waals surface area contributed by atoms with Crippen LogP contribution in [0.25, 0.3) is 33.4 Å². The van der Waals surface area contributed by atoms with Gasteiger partial charge in [-0.25, -0.2) is 34.8 Å². The summed E-state index contributed by atoms with van der Waals surface area (Å²) in [4.78, 5) is 101. The normalized spacial score (nSPS) is 16.2. The molecule has 149 heavy (non-hydrogen) atoms. The molecule has 7 aliphatic rings. The Hall–Kier alpha value is -14.0. The van der Waals surface area contributed by atoms with E-state index in [9.17, 15) is 85.4 Å². The number of nitrogens with zero attached hydrogens (tertiary/aromatic N) is 5. The molecule has 34 nitrogen and oxygen atoms in total. The van der Waals surface area contributed by atoms with Crippen LogP contribution in [0.5, 0.6) is 0 Å². The third-order valence-corrected chi connectivity index (χ3v) is 33.5. The minimum Gasteiger partial charge on any atom is -0.744 e. The van der Waals surface area contributed by atoms with Crippen molar-refractivity contribution in [3.8, 4) is 22.5 Å². The molecule has 1 fully saturated rings. The number of aryl methyl sites for hydroxylation is 2. The summed E-state index contributed by atoms with van der Waals surface area (Å²) in [5, 5.41) is 15.3. The molecule has 9 aromatic carbocycles. The Morgan fingerprint density at radius 1 is 0.577 bits per heavy atom. The molecule has 1 aliphatic carbocycles. The van der Waals surface area contributed by atoms with Gasteiger partial charge < -0.3 is 59.4 Å². The van der Waals surface area contributed by atoms with Gasteiger partial charge in [0.05, 0.1) is 47.6 Å². The van der Waals surface area contributed by atoms with E-state index in [4.69, 9.17) is 13.9 Å². The highest BCUT2D eigenvalue weighted by atomic mass is 32.2. The molecule has 16 rings (SSSR count). The summed E-state index contributed by atoms with van der Waals surface area (Å²) in [5.74, 6) is -3.70. The van der Waals surface area contributed by atoms with Crippen LogP contribution in [0.2, 0.25) is 0 Å². The van der Waals surface area contributed by atoms with Gasteiger partial charge in [0.25, 0.3) is 26.1 Å². The van der Waals surface area contributed by atoms with E-state index in [0.29, 0.717) is 159 Å². The Balaban J connectivity index is 0.529. The van der Waals surface area contributed by atoms with Crippen LogP contribution in [-0.4, -0.2) is 194 Å². The highest BCUT2D eigenvalue weighted by molar-refractivity contribution is 7.89. The molecule has 0 saturated carbocycles. The van der Waals surface area contributed by atoms with E-state index < -0.39 is 116 Å². The molecule has 7 N–H and O–H groups in total. The Kier molecular flexibility index (Phi) is 32.4. The molecule has 1 saturated heterocycles. The molecule has 9 aromatic rings. The van der Waals surface area contributed by atoms with E-state index in [1.165, 1.54) is 71.0 Å². The molecule has 0 radical (unpaired) electrons. The average molecular weight is 2120 g/mol. The number of nitrogens with one attached hydrogen (secondary N) is 5. The van der Waals surface area contributed by atoms with Crippen LogP contribution in [0, 0.1) is 19.8 Å². The molecule has 6 heterocycles. The SMILES string of the molecule is CC[N+]1=C(/C=C/C=C/C=C2\N(CCCCCC(=O)NCCCC[C@H](NC(=O)[C@H](Cc3ccccc3)NC(=O)OCc3ccccc3)C(=O)COC(=O)c3c(C)cc(C(=O)NCCNC(=O)C4CCN(S(=O)(=O)c5ccccc5-c5c6ccc(=[N+]7CCc8cc(S(=O)(=O)[O-])ccc87)cc-6oc6cc(N7CCc8cc(S(=O)(=O)O)ccc87)ccc56)CC4)cc3C)c3ccc(S(=O)(=O)[O-])cc3C2(C)C)C(C)(C)c2cc(S(=O)(=O)O)ccc21. The number of esters is 1. The molecule has 0 unspecified atom stereocenters. The molecule has 6 aliphatic heterocycles. The molecular weight excluding hydrogens is 2010 g/mol. The zero-order valence-corrected chi connectivity index (χ0v) is 87.2. The maximum atomic E-state index is 15.3. The number of ketones is 1. The quantitative estimate of drug-likeness (QED) is 0.00470. The van der Waals surface area contributed by atoms with Crippen molar-refractivity contribution in [3.05, 3.63) is 303 Å². The van der Waals surface area contributed by atoms with Crippen molar-refractivity contribution in [3.63, 3.8) is 0 Å². The summed E-state index contributed by atoms with van der Waals surface area (Å²) < 4.78 is 195. The van der Waals surface area contributed by atoms with E-state index in [0.717, 1.165) is 28.3 Å². The highest BCUT2D eigenvalue weighted by Gasteiger charge is 2.46. The molecule has 0 spiro atoms. The van der Waals surface area contributed by atoms with Crippen LogP contribution in [0.3, 0.4) is 0 Å². The predicted octanol–water partition coefficient (Wildman–Crippen LogP) is 13.9. The zero-order valence-electron chi connectivity index (χ0n) is 83.2. The van der Waals surface area contributed by atoms with Gasteiger partial charge in [-0.3, -0.25) is 33.1 Å². The van der Waals surface area contributed by atoms with Gasteiger partial charge in [-0.15, -0.1) is 0 Å². The molecule has 5 amide bonds. The second-order valence-electron chi connectivity index (χ2n) is 38.7. The van der Waals surface area contributed by atoms with E-state index >= 15 is 8.42 Å². The maximum Gasteiger partial charge on any atom is 0.408 e. The van der Waals surface area contributed by atoms with E-state index in [1.807, 2.05) is 117 Å². The first-order valence-electron chi connectivity index (χ1n) is 49.2. The first-order valence-corrected chi connectivity index (χ1v) is 56.3. The number of allylic oxidation sites excluding steroid dienone is 6. The monoisotopic (exact) mass is 2120 g/mol. The summed E-state index contributed by atoms with van der Waals surface area (Å²) in [5.41, 5.74) is 10.8. The lowest BCUT2D eigenvalue weighted by molar-refractivity contribution is -0.433. The lowest BCUT2D eigenvalue weighted by atomic mass is 9.81. The van der Waals surface area contributed by atoms with Crippen LogP contribution < -0.4 is 46.3 Å². The first kappa shape index (κ1) is 108. The number of piperidine rings is 1. The Labute approximate surface area is 865 Å². The second kappa shape index (κ2) is 44.8. The number of rotatable bonds is 39. The number of carbonyl (C=O) groups excluding carboxylic acids is 7. The number of sulfonamides is 1. The number of hydrogen-bond acceptors (Lipinski definition) is 24. The number of Topliss-reactive ketones (excluding diaryl/α,β-unsaturated/α-hetero) is 1. The van der Waals surface area contributed by atoms with E-state index in [-0.39, 0.29) is 125 Å². The minimum absolute atomic E-state index is 0.00104. The van der Waals surface area contributed by atoms with Crippen molar-refractivity contribution in [2.24, 2.45) is 5.92 Å². The fraction of sp³-hybridized carbons (Fsp3) is 0.318. The van der Waals surface area contributed by atoms with Crippen molar-refractivity contribution in [1.29, 1.82) is 0 Å². The second-order valence-corrected chi connectivity index (χ2v) is 46.2. The molecule has 39 heteroatoms. The topological polar surface area (TPSA) is 484 Å². The molecule has 780 valence electrons. The number of amides is 5. The van der Waals surface area contributed by atoms with Crippen molar-refractivity contribution in [1.82, 2.24) is 35.5 Å². The average Bonchev–Trinajstić information content (AvgIpc) is 1.64. The third kappa shape index (κ3) is 24.3. The van der Waals surface area contributed by atoms with Gasteiger partial charge in [-0.1, -0.05) is 117 Å². The zero-order chi connectivity index (χ0) is 106. The predicted molar refractivity (Wildman–Crippen MR) is 558 cm³/mol. The van der Waals surface area contributed by atoms with E-state index in [2.05, 4.69) is 36.1 Å². The van der Waals surface area contributed by atoms with Crippen molar-refractivity contribution >= 4 is 137 Å². The molecular formula is C110H116N10O24S5. The molecule has 0 aromatic heterocycles. The van der Waals surface area contributed by atoms with Crippen molar-refractivity contribution < 1.29 is 112 Å². The number of alkyl carbamates (subject to hydrolysis) is 1. The number of hydrogen-bond donors (Lipinski definition) is 7. The van der Waals surface area contributed by atoms with Gasteiger partial charge in [0.15, 0.2) is 24.6 Å². The summed E-state index contributed by atoms with van der Waals surface area (Å²) >= 11 is 0.